The van der Waals surface area contributed by atoms with E-state index < -0.39 is 6.10 Å². The molecule has 1 aromatic heterocycles. The largest absolute Gasteiger partial charge is 0.372 e. The molecule has 0 bridgehead atoms. The number of aromatic nitrogens is 3. The standard InChI is InChI=1S/C14H23N5O3/c1-11-17-16-10-19(11)8-6-15-13(20)9-18-7-4-3-5-12(22-2)14(18)21/h10,12H,3-9H2,1-2H3,(H,15,20). The molecule has 1 atom stereocenters. The van der Waals surface area contributed by atoms with Crippen molar-refractivity contribution in [2.45, 2.75) is 38.8 Å². The van der Waals surface area contributed by atoms with Gasteiger partial charge in [0, 0.05) is 26.7 Å². The number of carbonyl (C=O) groups excluding carboxylic acids is 2. The zero-order valence-electron chi connectivity index (χ0n) is 13.1. The van der Waals surface area contributed by atoms with Gasteiger partial charge in [0.2, 0.25) is 5.91 Å². The van der Waals surface area contributed by atoms with Gasteiger partial charge in [-0.2, -0.15) is 0 Å². The molecule has 0 aliphatic carbocycles. The normalized spacial score (nSPS) is 19.1. The molecule has 8 nitrogen and oxygen atoms in total. The van der Waals surface area contributed by atoms with Crippen LogP contribution in [0.1, 0.15) is 25.1 Å². The van der Waals surface area contributed by atoms with Crippen molar-refractivity contribution in [3.63, 3.8) is 0 Å². The number of ether oxygens (including phenoxy) is 1. The average molecular weight is 309 g/mol. The van der Waals surface area contributed by atoms with Crippen LogP contribution < -0.4 is 5.32 Å². The van der Waals surface area contributed by atoms with E-state index in [0.29, 0.717) is 19.6 Å². The summed E-state index contributed by atoms with van der Waals surface area (Å²) in [5, 5.41) is 10.5. The van der Waals surface area contributed by atoms with E-state index in [4.69, 9.17) is 4.74 Å². The van der Waals surface area contributed by atoms with E-state index in [0.717, 1.165) is 25.1 Å². The molecular formula is C14H23N5O3. The number of nitrogens with one attached hydrogen (secondary N) is 1. The number of hydrogen-bond acceptors (Lipinski definition) is 5. The topological polar surface area (TPSA) is 89.3 Å². The van der Waals surface area contributed by atoms with Crippen molar-refractivity contribution in [1.82, 2.24) is 25.0 Å². The first-order chi connectivity index (χ1) is 10.6. The Morgan fingerprint density at radius 1 is 1.50 bits per heavy atom. The third-order valence-corrected chi connectivity index (χ3v) is 3.83. The summed E-state index contributed by atoms with van der Waals surface area (Å²) in [6, 6.07) is 0. The number of methoxy groups -OCH3 is 1. The summed E-state index contributed by atoms with van der Waals surface area (Å²) >= 11 is 0. The van der Waals surface area contributed by atoms with E-state index in [9.17, 15) is 9.59 Å². The Labute approximate surface area is 129 Å². The fraction of sp³-hybridized carbons (Fsp3) is 0.714. The number of rotatable bonds is 6. The van der Waals surface area contributed by atoms with Gasteiger partial charge in [0.15, 0.2) is 0 Å². The Morgan fingerprint density at radius 3 is 3.00 bits per heavy atom. The lowest BCUT2D eigenvalue weighted by molar-refractivity contribution is -0.144. The Morgan fingerprint density at radius 2 is 2.32 bits per heavy atom. The zero-order chi connectivity index (χ0) is 15.9. The lowest BCUT2D eigenvalue weighted by Gasteiger charge is -2.23. The molecule has 1 unspecified atom stereocenters. The number of hydrogen-bond donors (Lipinski definition) is 1. The van der Waals surface area contributed by atoms with Crippen molar-refractivity contribution >= 4 is 11.8 Å². The van der Waals surface area contributed by atoms with Crippen LogP contribution in [0.15, 0.2) is 6.33 Å². The highest BCUT2D eigenvalue weighted by Gasteiger charge is 2.27. The van der Waals surface area contributed by atoms with Crippen LogP contribution in [0, 0.1) is 6.92 Å². The van der Waals surface area contributed by atoms with Crippen LogP contribution in [0.4, 0.5) is 0 Å². The fourth-order valence-electron chi connectivity index (χ4n) is 2.52. The summed E-state index contributed by atoms with van der Waals surface area (Å²) in [5.41, 5.74) is 0. The monoisotopic (exact) mass is 309 g/mol. The maximum absolute atomic E-state index is 12.2. The van der Waals surface area contributed by atoms with Gasteiger partial charge in [-0.1, -0.05) is 0 Å². The van der Waals surface area contributed by atoms with Gasteiger partial charge in [-0.3, -0.25) is 9.59 Å². The van der Waals surface area contributed by atoms with Gasteiger partial charge >= 0.3 is 0 Å². The van der Waals surface area contributed by atoms with Crippen LogP contribution in [0.25, 0.3) is 0 Å². The van der Waals surface area contributed by atoms with Crippen LogP contribution >= 0.6 is 0 Å². The summed E-state index contributed by atoms with van der Waals surface area (Å²) in [4.78, 5) is 25.8. The third kappa shape index (κ3) is 4.27. The number of amides is 2. The molecule has 2 amide bonds. The Balaban J connectivity index is 1.78. The van der Waals surface area contributed by atoms with Crippen LogP contribution in [0.5, 0.6) is 0 Å². The maximum atomic E-state index is 12.2. The van der Waals surface area contributed by atoms with Crippen molar-refractivity contribution in [1.29, 1.82) is 0 Å². The molecule has 1 fully saturated rings. The summed E-state index contributed by atoms with van der Waals surface area (Å²) in [5.74, 6) is 0.556. The minimum atomic E-state index is -0.421. The van der Waals surface area contributed by atoms with Crippen LogP contribution in [-0.2, 0) is 20.9 Å². The van der Waals surface area contributed by atoms with Crippen LogP contribution in [-0.4, -0.2) is 64.3 Å². The van der Waals surface area contributed by atoms with Crippen molar-refractivity contribution in [3.8, 4) is 0 Å². The van der Waals surface area contributed by atoms with Gasteiger partial charge in [0.25, 0.3) is 5.91 Å². The molecular weight excluding hydrogens is 286 g/mol. The van der Waals surface area contributed by atoms with Gasteiger partial charge in [0.1, 0.15) is 18.3 Å². The predicted molar refractivity (Wildman–Crippen MR) is 79.0 cm³/mol. The molecule has 2 heterocycles. The van der Waals surface area contributed by atoms with Crippen LogP contribution in [0.2, 0.25) is 0 Å². The number of aryl methyl sites for hydroxylation is 1. The summed E-state index contributed by atoms with van der Waals surface area (Å²) in [6.07, 6.45) is 3.77. The molecule has 1 saturated heterocycles. The van der Waals surface area contributed by atoms with Gasteiger partial charge in [-0.05, 0) is 26.2 Å². The highest BCUT2D eigenvalue weighted by Crippen LogP contribution is 2.14. The Hall–Kier alpha value is -1.96. The molecule has 1 aliphatic rings. The second kappa shape index (κ2) is 7.88. The molecule has 22 heavy (non-hydrogen) atoms. The van der Waals surface area contributed by atoms with E-state index in [1.165, 1.54) is 7.11 Å². The number of nitrogens with zero attached hydrogens (tertiary/aromatic N) is 4. The van der Waals surface area contributed by atoms with Crippen molar-refractivity contribution < 1.29 is 14.3 Å². The minimum absolute atomic E-state index is 0.0832. The second-order valence-corrected chi connectivity index (χ2v) is 5.40. The molecule has 2 rings (SSSR count). The van der Waals surface area contributed by atoms with E-state index in [-0.39, 0.29) is 18.4 Å². The van der Waals surface area contributed by atoms with E-state index in [2.05, 4.69) is 15.5 Å². The first kappa shape index (κ1) is 16.4. The smallest absolute Gasteiger partial charge is 0.252 e. The zero-order valence-corrected chi connectivity index (χ0v) is 13.1. The summed E-state index contributed by atoms with van der Waals surface area (Å²) < 4.78 is 7.06. The molecule has 0 spiro atoms. The molecule has 1 N–H and O–H groups in total. The van der Waals surface area contributed by atoms with E-state index in [1.807, 2.05) is 11.5 Å². The lowest BCUT2D eigenvalue weighted by atomic mass is 10.2. The molecule has 1 aliphatic heterocycles. The third-order valence-electron chi connectivity index (χ3n) is 3.83. The van der Waals surface area contributed by atoms with E-state index >= 15 is 0 Å². The van der Waals surface area contributed by atoms with Gasteiger partial charge in [0.05, 0.1) is 6.54 Å². The molecule has 8 heteroatoms. The van der Waals surface area contributed by atoms with Crippen molar-refractivity contribution in [2.24, 2.45) is 0 Å². The van der Waals surface area contributed by atoms with E-state index in [1.54, 1.807) is 11.2 Å². The van der Waals surface area contributed by atoms with Gasteiger partial charge in [-0.15, -0.1) is 10.2 Å². The molecule has 0 saturated carbocycles. The fourth-order valence-corrected chi connectivity index (χ4v) is 2.52. The Bertz CT molecular complexity index is 516. The predicted octanol–water partition coefficient (Wildman–Crippen LogP) is -0.270. The quantitative estimate of drug-likeness (QED) is 0.781. The highest BCUT2D eigenvalue weighted by atomic mass is 16.5. The highest BCUT2D eigenvalue weighted by molar-refractivity contribution is 5.87. The number of likely N-dealkylation sites (tertiary alicyclic amines) is 1. The number of carbonyl (C=O) groups is 2. The molecule has 1 aromatic rings. The maximum Gasteiger partial charge on any atom is 0.252 e. The Kier molecular flexibility index (Phi) is 5.88. The SMILES string of the molecule is COC1CCCCN(CC(=O)NCCn2cnnc2C)C1=O. The van der Waals surface area contributed by atoms with Gasteiger partial charge < -0.3 is 19.5 Å². The average Bonchev–Trinajstić information content (AvgIpc) is 2.82. The first-order valence-corrected chi connectivity index (χ1v) is 7.54. The second-order valence-electron chi connectivity index (χ2n) is 5.40. The lowest BCUT2D eigenvalue weighted by Crippen LogP contribution is -2.45. The first-order valence-electron chi connectivity index (χ1n) is 7.54. The van der Waals surface area contributed by atoms with Gasteiger partial charge in [-0.25, -0.2) is 0 Å². The molecule has 0 aromatic carbocycles. The minimum Gasteiger partial charge on any atom is -0.372 e. The van der Waals surface area contributed by atoms with Crippen molar-refractivity contribution in [3.05, 3.63) is 12.2 Å². The summed E-state index contributed by atoms with van der Waals surface area (Å²) in [7, 11) is 1.54. The summed E-state index contributed by atoms with van der Waals surface area (Å²) in [6.45, 7) is 3.64. The molecule has 122 valence electrons. The molecule has 0 radical (unpaired) electrons. The van der Waals surface area contributed by atoms with Crippen LogP contribution in [0.3, 0.4) is 0 Å². The van der Waals surface area contributed by atoms with Crippen molar-refractivity contribution in [2.75, 3.05) is 26.7 Å².